The number of nitrogens with zero attached hydrogens (tertiary/aromatic N) is 4. The van der Waals surface area contributed by atoms with Gasteiger partial charge in [0.05, 0.1) is 42.9 Å². The first-order valence-corrected chi connectivity index (χ1v) is 11.4. The van der Waals surface area contributed by atoms with E-state index >= 15 is 4.39 Å². The van der Waals surface area contributed by atoms with Gasteiger partial charge < -0.3 is 15.0 Å². The number of halogens is 1. The second-order valence-corrected chi connectivity index (χ2v) is 8.64. The van der Waals surface area contributed by atoms with Crippen molar-refractivity contribution in [3.63, 3.8) is 0 Å². The second-order valence-electron chi connectivity index (χ2n) is 8.64. The first kappa shape index (κ1) is 24.9. The van der Waals surface area contributed by atoms with Crippen LogP contribution in [0, 0.1) is 12.4 Å². The fraction of sp³-hybridized carbons (Fsp3) is 0.375. The molecule has 2 aliphatic heterocycles. The number of carbonyl (C=O) groups excluding carboxylic acids is 3. The quantitative estimate of drug-likeness (QED) is 0.396. The maximum atomic E-state index is 15.1. The van der Waals surface area contributed by atoms with Crippen molar-refractivity contribution in [1.29, 1.82) is 0 Å². The molecule has 188 valence electrons. The van der Waals surface area contributed by atoms with Crippen LogP contribution in [0.2, 0.25) is 0 Å². The molecule has 11 nitrogen and oxygen atoms in total. The summed E-state index contributed by atoms with van der Waals surface area (Å²) in [7, 11) is 0. The number of benzene rings is 1. The van der Waals surface area contributed by atoms with E-state index in [4.69, 9.17) is 11.3 Å². The normalized spacial score (nSPS) is 18.8. The average Bonchev–Trinajstić information content (AvgIpc) is 3.27. The summed E-state index contributed by atoms with van der Waals surface area (Å²) in [6.45, 7) is 10.2. The smallest absolute Gasteiger partial charge is 0.414 e. The number of nitrogens with one attached hydrogen (secondary N) is 3. The summed E-state index contributed by atoms with van der Waals surface area (Å²) >= 11 is 0. The summed E-state index contributed by atoms with van der Waals surface area (Å²) in [5.41, 5.74) is 5.52. The SMILES string of the molecule is [C-]#[N+]C1(NNC(=O)c2cccnc2)CCN(c2ccc(N3C[C@H](CNC(C)=O)OC3=O)cc2F)CC1. The number of hydrazine groups is 1. The molecular formula is C24H26FN7O4. The van der Waals surface area contributed by atoms with Gasteiger partial charge in [-0.2, -0.15) is 5.43 Å². The Balaban J connectivity index is 1.35. The lowest BCUT2D eigenvalue weighted by Crippen LogP contribution is -2.57. The van der Waals surface area contributed by atoms with Gasteiger partial charge in [0.2, 0.25) is 5.91 Å². The van der Waals surface area contributed by atoms with Crippen LogP contribution < -0.4 is 26.0 Å². The van der Waals surface area contributed by atoms with E-state index in [1.807, 2.05) is 4.90 Å². The van der Waals surface area contributed by atoms with Gasteiger partial charge in [-0.3, -0.25) is 29.7 Å². The third-order valence-corrected chi connectivity index (χ3v) is 6.17. The molecule has 3 amide bonds. The van der Waals surface area contributed by atoms with Crippen molar-refractivity contribution < 1.29 is 23.5 Å². The molecule has 0 unspecified atom stereocenters. The van der Waals surface area contributed by atoms with E-state index in [0.29, 0.717) is 42.9 Å². The number of aromatic nitrogens is 1. The highest BCUT2D eigenvalue weighted by atomic mass is 19.1. The van der Waals surface area contributed by atoms with Gasteiger partial charge in [0.15, 0.2) is 0 Å². The predicted molar refractivity (Wildman–Crippen MR) is 128 cm³/mol. The molecule has 3 heterocycles. The monoisotopic (exact) mass is 495 g/mol. The van der Waals surface area contributed by atoms with E-state index in [0.717, 1.165) is 0 Å². The minimum atomic E-state index is -1.01. The summed E-state index contributed by atoms with van der Waals surface area (Å²) in [5, 5.41) is 2.60. The molecule has 0 spiro atoms. The Bertz CT molecular complexity index is 1180. The number of anilines is 2. The van der Waals surface area contributed by atoms with Crippen molar-refractivity contribution in [2.24, 2.45) is 0 Å². The van der Waals surface area contributed by atoms with Crippen molar-refractivity contribution in [2.75, 3.05) is 36.0 Å². The summed E-state index contributed by atoms with van der Waals surface area (Å²) in [6.07, 6.45) is 2.59. The number of hydrogen-bond acceptors (Lipinski definition) is 7. The van der Waals surface area contributed by atoms with Gasteiger partial charge in [-0.05, 0) is 30.3 Å². The predicted octanol–water partition coefficient (Wildman–Crippen LogP) is 1.83. The Hall–Kier alpha value is -4.24. The van der Waals surface area contributed by atoms with Crippen molar-refractivity contribution in [2.45, 2.75) is 31.5 Å². The molecule has 0 bridgehead atoms. The third-order valence-electron chi connectivity index (χ3n) is 6.17. The molecule has 1 aromatic heterocycles. The van der Waals surface area contributed by atoms with Crippen LogP contribution in [-0.4, -0.2) is 60.8 Å². The van der Waals surface area contributed by atoms with E-state index < -0.39 is 29.6 Å². The number of rotatable bonds is 7. The number of carbonyl (C=O) groups is 3. The van der Waals surface area contributed by atoms with Crippen LogP contribution in [0.1, 0.15) is 30.1 Å². The molecule has 3 N–H and O–H groups in total. The molecule has 12 heteroatoms. The maximum Gasteiger partial charge on any atom is 0.414 e. The minimum absolute atomic E-state index is 0.186. The first-order chi connectivity index (χ1) is 17.3. The Labute approximate surface area is 207 Å². The summed E-state index contributed by atoms with van der Waals surface area (Å²) < 4.78 is 20.3. The van der Waals surface area contributed by atoms with Gasteiger partial charge >= 0.3 is 11.8 Å². The van der Waals surface area contributed by atoms with E-state index in [1.165, 1.54) is 24.1 Å². The molecule has 1 atom stereocenters. The number of amides is 3. The summed E-state index contributed by atoms with van der Waals surface area (Å²) in [5.74, 6) is -1.12. The zero-order valence-corrected chi connectivity index (χ0v) is 19.7. The third kappa shape index (κ3) is 5.52. The highest BCUT2D eigenvalue weighted by Crippen LogP contribution is 2.32. The summed E-state index contributed by atoms with van der Waals surface area (Å²) in [4.78, 5) is 46.4. The minimum Gasteiger partial charge on any atom is -0.442 e. The molecule has 0 saturated carbocycles. The van der Waals surface area contributed by atoms with E-state index in [9.17, 15) is 14.4 Å². The Morgan fingerprint density at radius 1 is 1.31 bits per heavy atom. The van der Waals surface area contributed by atoms with Crippen molar-refractivity contribution in [3.05, 3.63) is 65.5 Å². The maximum absolute atomic E-state index is 15.1. The Kier molecular flexibility index (Phi) is 7.30. The largest absolute Gasteiger partial charge is 0.442 e. The van der Waals surface area contributed by atoms with Crippen LogP contribution >= 0.6 is 0 Å². The molecular weight excluding hydrogens is 469 g/mol. The van der Waals surface area contributed by atoms with Crippen LogP contribution in [0.25, 0.3) is 4.85 Å². The van der Waals surface area contributed by atoms with Crippen LogP contribution in [0.15, 0.2) is 42.7 Å². The highest BCUT2D eigenvalue weighted by molar-refractivity contribution is 5.93. The van der Waals surface area contributed by atoms with Crippen LogP contribution in [0.3, 0.4) is 0 Å². The number of hydrogen-bond donors (Lipinski definition) is 3. The fourth-order valence-electron chi connectivity index (χ4n) is 4.14. The van der Waals surface area contributed by atoms with Crippen molar-refractivity contribution in [1.82, 2.24) is 21.2 Å². The second kappa shape index (κ2) is 10.6. The van der Waals surface area contributed by atoms with Crippen LogP contribution in [0.5, 0.6) is 0 Å². The zero-order valence-electron chi connectivity index (χ0n) is 19.7. The molecule has 2 fully saturated rings. The molecule has 0 radical (unpaired) electrons. The van der Waals surface area contributed by atoms with E-state index in [2.05, 4.69) is 26.0 Å². The average molecular weight is 496 g/mol. The molecule has 1 aromatic carbocycles. The van der Waals surface area contributed by atoms with Gasteiger partial charge in [0.1, 0.15) is 11.9 Å². The van der Waals surface area contributed by atoms with Gasteiger partial charge in [-0.1, -0.05) is 0 Å². The lowest BCUT2D eigenvalue weighted by molar-refractivity contribution is -0.119. The first-order valence-electron chi connectivity index (χ1n) is 11.4. The molecule has 0 aliphatic carbocycles. The lowest BCUT2D eigenvalue weighted by Gasteiger charge is -2.35. The van der Waals surface area contributed by atoms with E-state index in [1.54, 1.807) is 30.5 Å². The number of piperidine rings is 1. The summed E-state index contributed by atoms with van der Waals surface area (Å²) in [6, 6.07) is 7.79. The van der Waals surface area contributed by atoms with E-state index in [-0.39, 0.29) is 19.0 Å². The molecule has 2 aliphatic rings. The zero-order chi connectivity index (χ0) is 25.7. The Morgan fingerprint density at radius 3 is 2.72 bits per heavy atom. The molecule has 2 aromatic rings. The molecule has 36 heavy (non-hydrogen) atoms. The van der Waals surface area contributed by atoms with Gasteiger partial charge in [-0.25, -0.2) is 15.8 Å². The van der Waals surface area contributed by atoms with Crippen LogP contribution in [-0.2, 0) is 9.53 Å². The van der Waals surface area contributed by atoms with Crippen molar-refractivity contribution in [3.8, 4) is 0 Å². The molecule has 2 saturated heterocycles. The standard InChI is InChI=1S/C24H26FN7O4/c1-16(33)28-14-19-15-32(23(35)36-19)18-5-6-21(20(25)12-18)31-10-7-24(26-2,8-11-31)30-29-22(34)17-4-3-9-27-13-17/h3-6,9,12-13,19,30H,7-8,10-11,14-15H2,1H3,(H,28,33)(H,29,34)/t19-/m0/s1. The van der Waals surface area contributed by atoms with Gasteiger partial charge in [0.25, 0.3) is 5.91 Å². The number of pyridine rings is 1. The highest BCUT2D eigenvalue weighted by Gasteiger charge is 2.41. The lowest BCUT2D eigenvalue weighted by atomic mass is 9.97. The molecule has 4 rings (SSSR count). The van der Waals surface area contributed by atoms with Crippen molar-refractivity contribution >= 4 is 29.3 Å². The topological polar surface area (TPSA) is 120 Å². The van der Waals surface area contributed by atoms with Crippen LogP contribution in [0.4, 0.5) is 20.6 Å². The fourth-order valence-corrected chi connectivity index (χ4v) is 4.14. The number of ether oxygens (including phenoxy) is 1. The van der Waals surface area contributed by atoms with Gasteiger partial charge in [-0.15, -0.1) is 0 Å². The number of cyclic esters (lactones) is 1. The van der Waals surface area contributed by atoms with Gasteiger partial charge in [0, 0.05) is 32.4 Å². The Morgan fingerprint density at radius 2 is 2.08 bits per heavy atom.